The molecular formula is C12H12ClF3N4O2. The summed E-state index contributed by atoms with van der Waals surface area (Å²) >= 11 is 5.65. The van der Waals surface area contributed by atoms with Crippen LogP contribution in [0.5, 0.6) is 0 Å². The third-order valence-electron chi connectivity index (χ3n) is 2.97. The Kier molecular flexibility index (Phi) is 4.19. The number of carbonyl (C=O) groups is 1. The topological polar surface area (TPSA) is 73.0 Å². The molecule has 0 bridgehead atoms. The van der Waals surface area contributed by atoms with Crippen molar-refractivity contribution in [1.29, 1.82) is 0 Å². The molecule has 0 aliphatic carbocycles. The van der Waals surface area contributed by atoms with Crippen molar-refractivity contribution in [2.45, 2.75) is 33.0 Å². The first-order valence-corrected chi connectivity index (χ1v) is 6.55. The van der Waals surface area contributed by atoms with Crippen LogP contribution in [0.15, 0.2) is 10.6 Å². The van der Waals surface area contributed by atoms with Crippen LogP contribution in [0.25, 0.3) is 0 Å². The van der Waals surface area contributed by atoms with E-state index in [1.165, 1.54) is 19.9 Å². The summed E-state index contributed by atoms with van der Waals surface area (Å²) in [5, 5.41) is 8.88. The summed E-state index contributed by atoms with van der Waals surface area (Å²) in [6, 6.07) is 0.472. The molecule has 22 heavy (non-hydrogen) atoms. The number of nitrogens with one attached hydrogen (secondary N) is 1. The van der Waals surface area contributed by atoms with Gasteiger partial charge in [0.2, 0.25) is 5.91 Å². The van der Waals surface area contributed by atoms with E-state index in [1.54, 1.807) is 6.92 Å². The normalized spacial score (nSPS) is 13.2. The van der Waals surface area contributed by atoms with Gasteiger partial charge in [-0.3, -0.25) is 9.48 Å². The van der Waals surface area contributed by atoms with Gasteiger partial charge in [-0.05, 0) is 20.8 Å². The average Bonchev–Trinajstić information content (AvgIpc) is 2.93. The Bertz CT molecular complexity index is 708. The maximum absolute atomic E-state index is 12.8. The van der Waals surface area contributed by atoms with Crippen molar-refractivity contribution in [3.63, 3.8) is 0 Å². The lowest BCUT2D eigenvalue weighted by molar-refractivity contribution is -0.141. The first kappa shape index (κ1) is 16.3. The average molecular weight is 337 g/mol. The lowest BCUT2D eigenvalue weighted by atomic mass is 10.3. The second-order valence-corrected chi connectivity index (χ2v) is 5.06. The van der Waals surface area contributed by atoms with E-state index in [4.69, 9.17) is 16.1 Å². The molecule has 2 rings (SSSR count). The standard InChI is InChI=1S/C12H12ClF3N4O2/c1-5-4-8(19-22-5)17-11(21)7(3)20-6(2)9(13)10(18-20)12(14,15)16/h4,7H,1-3H3,(H,17,19,21). The van der Waals surface area contributed by atoms with Crippen molar-refractivity contribution < 1.29 is 22.5 Å². The maximum Gasteiger partial charge on any atom is 0.436 e. The van der Waals surface area contributed by atoms with E-state index in [9.17, 15) is 18.0 Å². The van der Waals surface area contributed by atoms with Crippen molar-refractivity contribution in [3.8, 4) is 0 Å². The maximum atomic E-state index is 12.8. The van der Waals surface area contributed by atoms with Crippen molar-refractivity contribution >= 4 is 23.3 Å². The van der Waals surface area contributed by atoms with Crippen LogP contribution in [-0.4, -0.2) is 20.8 Å². The van der Waals surface area contributed by atoms with Gasteiger partial charge in [0.1, 0.15) is 11.8 Å². The van der Waals surface area contributed by atoms with E-state index < -0.39 is 28.8 Å². The molecule has 1 N–H and O–H groups in total. The van der Waals surface area contributed by atoms with Crippen LogP contribution in [0.3, 0.4) is 0 Å². The number of aryl methyl sites for hydroxylation is 1. The number of hydrogen-bond donors (Lipinski definition) is 1. The van der Waals surface area contributed by atoms with Gasteiger partial charge in [-0.1, -0.05) is 16.8 Å². The number of nitrogens with zero attached hydrogens (tertiary/aromatic N) is 3. The van der Waals surface area contributed by atoms with Crippen molar-refractivity contribution in [1.82, 2.24) is 14.9 Å². The van der Waals surface area contributed by atoms with E-state index in [0.717, 1.165) is 4.68 Å². The Morgan fingerprint density at radius 2 is 2.09 bits per heavy atom. The van der Waals surface area contributed by atoms with Gasteiger partial charge >= 0.3 is 6.18 Å². The van der Waals surface area contributed by atoms with E-state index in [0.29, 0.717) is 5.76 Å². The van der Waals surface area contributed by atoms with Gasteiger partial charge in [-0.15, -0.1) is 0 Å². The van der Waals surface area contributed by atoms with Crippen LogP contribution in [0, 0.1) is 13.8 Å². The third kappa shape index (κ3) is 3.08. The number of carbonyl (C=O) groups excluding carboxylic acids is 1. The summed E-state index contributed by atoms with van der Waals surface area (Å²) in [5.41, 5.74) is -1.17. The second kappa shape index (κ2) is 5.64. The number of aromatic nitrogens is 3. The summed E-state index contributed by atoms with van der Waals surface area (Å²) in [6.45, 7) is 4.40. The van der Waals surface area contributed by atoms with Crippen LogP contribution in [0.2, 0.25) is 5.02 Å². The zero-order valence-electron chi connectivity index (χ0n) is 11.8. The second-order valence-electron chi connectivity index (χ2n) is 4.68. The summed E-state index contributed by atoms with van der Waals surface area (Å²) in [5.74, 6) is 0.0613. The summed E-state index contributed by atoms with van der Waals surface area (Å²) in [4.78, 5) is 12.1. The summed E-state index contributed by atoms with van der Waals surface area (Å²) in [7, 11) is 0. The fraction of sp³-hybridized carbons (Fsp3) is 0.417. The first-order valence-electron chi connectivity index (χ1n) is 6.17. The fourth-order valence-electron chi connectivity index (χ4n) is 1.82. The minimum absolute atomic E-state index is 0.0491. The molecule has 0 aliphatic rings. The molecule has 0 fully saturated rings. The quantitative estimate of drug-likeness (QED) is 0.932. The van der Waals surface area contributed by atoms with Crippen molar-refractivity contribution in [3.05, 3.63) is 28.2 Å². The lowest BCUT2D eigenvalue weighted by Crippen LogP contribution is -2.25. The Morgan fingerprint density at radius 3 is 2.55 bits per heavy atom. The van der Waals surface area contributed by atoms with Crippen LogP contribution in [-0.2, 0) is 11.0 Å². The Morgan fingerprint density at radius 1 is 1.45 bits per heavy atom. The monoisotopic (exact) mass is 336 g/mol. The molecule has 0 spiro atoms. The molecule has 2 heterocycles. The highest BCUT2D eigenvalue weighted by Crippen LogP contribution is 2.36. The van der Waals surface area contributed by atoms with Gasteiger partial charge in [0.25, 0.3) is 0 Å². The number of alkyl halides is 3. The molecule has 2 aromatic rings. The Labute approximate surface area is 128 Å². The largest absolute Gasteiger partial charge is 0.436 e. The first-order chi connectivity index (χ1) is 10.1. The molecule has 10 heteroatoms. The SMILES string of the molecule is Cc1cc(NC(=O)C(C)n2nc(C(F)(F)F)c(Cl)c2C)no1. The number of rotatable bonds is 3. The molecule has 2 aromatic heterocycles. The van der Waals surface area contributed by atoms with Crippen LogP contribution in [0.1, 0.15) is 30.1 Å². The van der Waals surface area contributed by atoms with Gasteiger partial charge in [0.15, 0.2) is 11.5 Å². The summed E-state index contributed by atoms with van der Waals surface area (Å²) in [6.07, 6.45) is -4.69. The van der Waals surface area contributed by atoms with Gasteiger partial charge < -0.3 is 9.84 Å². The van der Waals surface area contributed by atoms with E-state index in [1.807, 2.05) is 0 Å². The molecule has 0 aromatic carbocycles. The predicted molar refractivity (Wildman–Crippen MR) is 71.6 cm³/mol. The Hall–Kier alpha value is -2.03. The molecule has 120 valence electrons. The molecule has 0 saturated carbocycles. The van der Waals surface area contributed by atoms with E-state index in [2.05, 4.69) is 15.6 Å². The highest BCUT2D eigenvalue weighted by molar-refractivity contribution is 6.32. The van der Waals surface area contributed by atoms with Crippen LogP contribution in [0.4, 0.5) is 19.0 Å². The molecule has 1 unspecified atom stereocenters. The van der Waals surface area contributed by atoms with Gasteiger partial charge in [-0.25, -0.2) is 0 Å². The van der Waals surface area contributed by atoms with Crippen molar-refractivity contribution in [2.24, 2.45) is 0 Å². The highest BCUT2D eigenvalue weighted by Gasteiger charge is 2.39. The third-order valence-corrected chi connectivity index (χ3v) is 3.42. The van der Waals surface area contributed by atoms with Crippen LogP contribution >= 0.6 is 11.6 Å². The predicted octanol–water partition coefficient (Wildman–Crippen LogP) is 3.36. The van der Waals surface area contributed by atoms with Crippen molar-refractivity contribution in [2.75, 3.05) is 5.32 Å². The van der Waals surface area contributed by atoms with Gasteiger partial charge in [0, 0.05) is 6.07 Å². The molecule has 1 amide bonds. The minimum atomic E-state index is -4.69. The van der Waals surface area contributed by atoms with Crippen LogP contribution < -0.4 is 5.32 Å². The van der Waals surface area contributed by atoms with Gasteiger partial charge in [0.05, 0.1) is 10.7 Å². The van der Waals surface area contributed by atoms with E-state index >= 15 is 0 Å². The summed E-state index contributed by atoms with van der Waals surface area (Å²) < 4.78 is 44.0. The number of hydrogen-bond acceptors (Lipinski definition) is 4. The molecule has 0 radical (unpaired) electrons. The highest BCUT2D eigenvalue weighted by atomic mass is 35.5. The molecule has 0 aliphatic heterocycles. The smallest absolute Gasteiger partial charge is 0.360 e. The van der Waals surface area contributed by atoms with Gasteiger partial charge in [-0.2, -0.15) is 18.3 Å². The zero-order valence-corrected chi connectivity index (χ0v) is 12.6. The fourth-order valence-corrected chi connectivity index (χ4v) is 2.06. The lowest BCUT2D eigenvalue weighted by Gasteiger charge is -2.13. The molecule has 1 atom stereocenters. The number of halogens is 4. The molecule has 0 saturated heterocycles. The zero-order chi connectivity index (χ0) is 16.7. The molecule has 6 nitrogen and oxygen atoms in total. The number of amides is 1. The number of anilines is 1. The molecular weight excluding hydrogens is 325 g/mol. The minimum Gasteiger partial charge on any atom is -0.360 e. The Balaban J connectivity index is 2.25. The van der Waals surface area contributed by atoms with E-state index in [-0.39, 0.29) is 11.5 Å².